The number of aromatic amines is 1. The van der Waals surface area contributed by atoms with E-state index in [4.69, 9.17) is 4.42 Å². The van der Waals surface area contributed by atoms with Gasteiger partial charge in [-0.2, -0.15) is 0 Å². The summed E-state index contributed by atoms with van der Waals surface area (Å²) in [5.74, 6) is -2.49. The highest BCUT2D eigenvalue weighted by atomic mass is 19.1. The molecular formula is C26H16FN3O4. The fourth-order valence-corrected chi connectivity index (χ4v) is 4.30. The summed E-state index contributed by atoms with van der Waals surface area (Å²) in [6, 6.07) is 20.2. The van der Waals surface area contributed by atoms with Gasteiger partial charge in [-0.15, -0.1) is 0 Å². The van der Waals surface area contributed by atoms with E-state index in [1.165, 1.54) is 29.2 Å². The number of amides is 1. The predicted octanol–water partition coefficient (Wildman–Crippen LogP) is 5.23. The number of aromatic nitrogens is 2. The minimum Gasteiger partial charge on any atom is -0.503 e. The van der Waals surface area contributed by atoms with Crippen LogP contribution in [-0.4, -0.2) is 26.8 Å². The number of halogens is 1. The number of ketones is 1. The first-order valence-electron chi connectivity index (χ1n) is 10.5. The molecule has 34 heavy (non-hydrogen) atoms. The summed E-state index contributed by atoms with van der Waals surface area (Å²) < 4.78 is 19.4. The molecule has 5 aromatic rings. The fourth-order valence-electron chi connectivity index (χ4n) is 4.30. The monoisotopic (exact) mass is 453 g/mol. The van der Waals surface area contributed by atoms with Gasteiger partial charge in [0.15, 0.2) is 11.5 Å². The summed E-state index contributed by atoms with van der Waals surface area (Å²) in [5, 5.41) is 11.6. The van der Waals surface area contributed by atoms with Gasteiger partial charge in [0.1, 0.15) is 11.4 Å². The number of rotatable bonds is 4. The van der Waals surface area contributed by atoms with E-state index in [0.29, 0.717) is 27.6 Å². The molecule has 0 spiro atoms. The second kappa shape index (κ2) is 7.41. The lowest BCUT2D eigenvalue weighted by atomic mass is 9.95. The maximum absolute atomic E-state index is 13.7. The van der Waals surface area contributed by atoms with Gasteiger partial charge in [0, 0.05) is 5.39 Å². The average molecular weight is 453 g/mol. The van der Waals surface area contributed by atoms with Gasteiger partial charge in [-0.1, -0.05) is 42.5 Å². The number of aliphatic hydroxyl groups is 1. The number of hydrogen-bond acceptors (Lipinski definition) is 5. The predicted molar refractivity (Wildman–Crippen MR) is 123 cm³/mol. The molecule has 0 radical (unpaired) electrons. The molecular weight excluding hydrogens is 437 g/mol. The zero-order valence-corrected chi connectivity index (χ0v) is 17.5. The molecule has 8 heteroatoms. The highest BCUT2D eigenvalue weighted by Gasteiger charge is 2.46. The van der Waals surface area contributed by atoms with Crippen molar-refractivity contribution in [2.75, 3.05) is 4.90 Å². The Hall–Kier alpha value is -4.72. The Morgan fingerprint density at radius 1 is 1.03 bits per heavy atom. The van der Waals surface area contributed by atoms with Crippen molar-refractivity contribution in [3.63, 3.8) is 0 Å². The number of nitrogens with zero attached hydrogens (tertiary/aromatic N) is 2. The van der Waals surface area contributed by atoms with Gasteiger partial charge in [0.05, 0.1) is 22.6 Å². The number of carbonyl (C=O) groups excluding carboxylic acids is 2. The van der Waals surface area contributed by atoms with Gasteiger partial charge in [-0.3, -0.25) is 14.5 Å². The van der Waals surface area contributed by atoms with Gasteiger partial charge < -0.3 is 14.5 Å². The molecule has 0 saturated heterocycles. The molecule has 2 N–H and O–H groups in total. The van der Waals surface area contributed by atoms with Gasteiger partial charge in [-0.05, 0) is 42.0 Å². The third kappa shape index (κ3) is 3.00. The average Bonchev–Trinajstić information content (AvgIpc) is 3.53. The van der Waals surface area contributed by atoms with Crippen LogP contribution in [-0.2, 0) is 4.79 Å². The van der Waals surface area contributed by atoms with Crippen molar-refractivity contribution in [2.24, 2.45) is 0 Å². The first-order chi connectivity index (χ1) is 16.5. The Bertz CT molecular complexity index is 1560. The molecule has 1 aliphatic rings. The van der Waals surface area contributed by atoms with Crippen LogP contribution < -0.4 is 4.90 Å². The summed E-state index contributed by atoms with van der Waals surface area (Å²) in [4.78, 5) is 35.6. The van der Waals surface area contributed by atoms with Crippen molar-refractivity contribution in [3.05, 3.63) is 107 Å². The highest BCUT2D eigenvalue weighted by molar-refractivity contribution is 6.20. The maximum Gasteiger partial charge on any atom is 0.296 e. The second-order valence-electron chi connectivity index (χ2n) is 7.95. The first kappa shape index (κ1) is 19.9. The molecule has 2 aromatic heterocycles. The van der Waals surface area contributed by atoms with E-state index >= 15 is 0 Å². The fraction of sp³-hybridized carbons (Fsp3) is 0.0385. The summed E-state index contributed by atoms with van der Waals surface area (Å²) in [5.41, 5.74) is 2.05. The molecule has 0 saturated carbocycles. The van der Waals surface area contributed by atoms with Crippen LogP contribution in [0.5, 0.6) is 0 Å². The van der Waals surface area contributed by atoms with Crippen LogP contribution in [0.3, 0.4) is 0 Å². The number of anilines is 1. The van der Waals surface area contributed by atoms with E-state index < -0.39 is 29.3 Å². The quantitative estimate of drug-likeness (QED) is 0.363. The van der Waals surface area contributed by atoms with E-state index in [0.717, 1.165) is 0 Å². The Labute approximate surface area is 191 Å². The smallest absolute Gasteiger partial charge is 0.296 e. The molecule has 0 aliphatic carbocycles. The molecule has 1 atom stereocenters. The van der Waals surface area contributed by atoms with Crippen LogP contribution in [0, 0.1) is 5.82 Å². The third-order valence-electron chi connectivity index (χ3n) is 5.89. The minimum atomic E-state index is -1.05. The van der Waals surface area contributed by atoms with Crippen LogP contribution in [0.25, 0.3) is 22.0 Å². The normalized spacial score (nSPS) is 16.2. The number of Topliss-reactive ketones (excluding diaryl/α,β-unsaturated/α-hetero) is 1. The SMILES string of the molecule is O=C(C1=C(O)C(=O)N(c2nc3ccccc3[nH]2)C1c1ccc(F)cc1)c1cc2ccccc2o1. The lowest BCUT2D eigenvalue weighted by molar-refractivity contribution is -0.117. The van der Waals surface area contributed by atoms with Crippen LogP contribution in [0.15, 0.2) is 94.6 Å². The minimum absolute atomic E-state index is 0.0193. The Morgan fingerprint density at radius 3 is 2.53 bits per heavy atom. The maximum atomic E-state index is 13.7. The van der Waals surface area contributed by atoms with E-state index in [1.54, 1.807) is 36.4 Å². The van der Waals surface area contributed by atoms with Crippen LogP contribution in [0.4, 0.5) is 10.3 Å². The van der Waals surface area contributed by atoms with Gasteiger partial charge >= 0.3 is 0 Å². The van der Waals surface area contributed by atoms with Crippen LogP contribution in [0.2, 0.25) is 0 Å². The van der Waals surface area contributed by atoms with Crippen molar-refractivity contribution in [3.8, 4) is 0 Å². The Kier molecular flexibility index (Phi) is 4.35. The molecule has 3 heterocycles. The molecule has 166 valence electrons. The lowest BCUT2D eigenvalue weighted by Crippen LogP contribution is -2.32. The second-order valence-corrected chi connectivity index (χ2v) is 7.95. The van der Waals surface area contributed by atoms with E-state index in [-0.39, 0.29) is 17.3 Å². The van der Waals surface area contributed by atoms with Gasteiger partial charge in [0.2, 0.25) is 11.7 Å². The molecule has 0 bridgehead atoms. The van der Waals surface area contributed by atoms with Crippen molar-refractivity contribution < 1.29 is 23.5 Å². The summed E-state index contributed by atoms with van der Waals surface area (Å²) in [6.45, 7) is 0. The lowest BCUT2D eigenvalue weighted by Gasteiger charge is -2.24. The molecule has 6 rings (SSSR count). The number of aliphatic hydroxyl groups excluding tert-OH is 1. The summed E-state index contributed by atoms with van der Waals surface area (Å²) in [6.07, 6.45) is 0. The van der Waals surface area contributed by atoms with Crippen molar-refractivity contribution in [1.29, 1.82) is 0 Å². The van der Waals surface area contributed by atoms with Crippen molar-refractivity contribution in [1.82, 2.24) is 9.97 Å². The molecule has 1 aliphatic heterocycles. The first-order valence-corrected chi connectivity index (χ1v) is 10.5. The number of imidazole rings is 1. The molecule has 1 amide bonds. The Balaban J connectivity index is 1.52. The van der Waals surface area contributed by atoms with E-state index in [1.807, 2.05) is 18.2 Å². The number of fused-ring (bicyclic) bond motifs is 2. The molecule has 1 unspecified atom stereocenters. The Morgan fingerprint density at radius 2 is 1.76 bits per heavy atom. The third-order valence-corrected chi connectivity index (χ3v) is 5.89. The molecule has 0 fully saturated rings. The largest absolute Gasteiger partial charge is 0.503 e. The molecule has 7 nitrogen and oxygen atoms in total. The van der Waals surface area contributed by atoms with E-state index in [2.05, 4.69) is 9.97 Å². The number of carbonyl (C=O) groups is 2. The van der Waals surface area contributed by atoms with Gasteiger partial charge in [-0.25, -0.2) is 9.37 Å². The van der Waals surface area contributed by atoms with Gasteiger partial charge in [0.25, 0.3) is 5.91 Å². The summed E-state index contributed by atoms with van der Waals surface area (Å²) in [7, 11) is 0. The number of nitrogens with one attached hydrogen (secondary N) is 1. The number of para-hydroxylation sites is 3. The standard InChI is InChI=1S/C26H16FN3O4/c27-16-11-9-14(10-12-16)22-21(23(31)20-13-15-5-1-4-8-19(15)34-20)24(32)25(33)30(22)26-28-17-6-2-3-7-18(17)29-26/h1-13,22,32H,(H,28,29). The number of hydrogen-bond donors (Lipinski definition) is 2. The van der Waals surface area contributed by atoms with Crippen LogP contribution >= 0.6 is 0 Å². The summed E-state index contributed by atoms with van der Waals surface area (Å²) >= 11 is 0. The topological polar surface area (TPSA) is 99.4 Å². The van der Waals surface area contributed by atoms with E-state index in [9.17, 15) is 19.1 Å². The van der Waals surface area contributed by atoms with Crippen molar-refractivity contribution in [2.45, 2.75) is 6.04 Å². The number of H-pyrrole nitrogens is 1. The van der Waals surface area contributed by atoms with Crippen molar-refractivity contribution >= 4 is 39.6 Å². The van der Waals surface area contributed by atoms with Crippen LogP contribution in [0.1, 0.15) is 22.2 Å². The zero-order valence-electron chi connectivity index (χ0n) is 17.5. The zero-order chi connectivity index (χ0) is 23.4. The number of furan rings is 1. The number of benzene rings is 3. The molecule has 3 aromatic carbocycles. The highest BCUT2D eigenvalue weighted by Crippen LogP contribution is 2.42.